The number of fused-ring (bicyclic) bond motifs is 2. The van der Waals surface area contributed by atoms with E-state index in [1.807, 2.05) is 24.3 Å². The molecule has 0 aliphatic carbocycles. The molecule has 2 aliphatic heterocycles. The van der Waals surface area contributed by atoms with Crippen molar-refractivity contribution in [2.45, 2.75) is 12.8 Å². The maximum Gasteiger partial charge on any atom is 0.261 e. The summed E-state index contributed by atoms with van der Waals surface area (Å²) in [4.78, 5) is 58.2. The highest BCUT2D eigenvalue weighted by Crippen LogP contribution is 2.46. The van der Waals surface area contributed by atoms with Gasteiger partial charge in [0.1, 0.15) is 0 Å². The van der Waals surface area contributed by atoms with Gasteiger partial charge in [-0.2, -0.15) is 0 Å². The molecule has 9 rings (SSSR count). The molecule has 0 atom stereocenters. The number of carbonyl (C=O) groups excluding carboxylic acids is 4. The number of nitrogens with zero attached hydrogens (tertiary/aromatic N) is 2. The van der Waals surface area contributed by atoms with Gasteiger partial charge in [-0.3, -0.25) is 29.0 Å². The van der Waals surface area contributed by atoms with Crippen LogP contribution in [0.3, 0.4) is 0 Å². The van der Waals surface area contributed by atoms with Gasteiger partial charge in [-0.15, -0.1) is 0 Å². The van der Waals surface area contributed by atoms with E-state index in [4.69, 9.17) is 46.4 Å². The van der Waals surface area contributed by atoms with Crippen LogP contribution in [0.1, 0.15) is 52.6 Å². The fourth-order valence-electron chi connectivity index (χ4n) is 7.69. The van der Waals surface area contributed by atoms with E-state index in [-0.39, 0.29) is 36.7 Å². The third kappa shape index (κ3) is 4.49. The van der Waals surface area contributed by atoms with Gasteiger partial charge in [0.25, 0.3) is 23.6 Å². The van der Waals surface area contributed by atoms with Gasteiger partial charge in [0.2, 0.25) is 0 Å². The molecular formula is C40H22Cl4N2O4. The van der Waals surface area contributed by atoms with Crippen molar-refractivity contribution in [3.05, 3.63) is 138 Å². The van der Waals surface area contributed by atoms with Gasteiger partial charge in [-0.1, -0.05) is 82.8 Å². The van der Waals surface area contributed by atoms with Gasteiger partial charge in [-0.25, -0.2) is 0 Å². The van der Waals surface area contributed by atoms with Gasteiger partial charge in [0.15, 0.2) is 0 Å². The Bertz CT molecular complexity index is 2400. The maximum absolute atomic E-state index is 13.9. The molecule has 0 fully saturated rings. The Morgan fingerprint density at radius 2 is 0.720 bits per heavy atom. The first-order valence-electron chi connectivity index (χ1n) is 15.9. The van der Waals surface area contributed by atoms with Crippen LogP contribution in [-0.4, -0.2) is 46.5 Å². The van der Waals surface area contributed by atoms with Crippen LogP contribution < -0.4 is 0 Å². The average molecular weight is 736 g/mol. The van der Waals surface area contributed by atoms with Crippen LogP contribution in [0.15, 0.2) is 84.9 Å². The number of hydrogen-bond donors (Lipinski definition) is 0. The van der Waals surface area contributed by atoms with Crippen LogP contribution in [0.5, 0.6) is 0 Å². The van der Waals surface area contributed by atoms with Crippen LogP contribution in [-0.2, 0) is 12.8 Å². The topological polar surface area (TPSA) is 74.8 Å². The van der Waals surface area contributed by atoms with Crippen molar-refractivity contribution in [2.75, 3.05) is 13.1 Å². The lowest BCUT2D eigenvalue weighted by Crippen LogP contribution is -2.41. The molecule has 10 heteroatoms. The van der Waals surface area contributed by atoms with Gasteiger partial charge in [0, 0.05) is 66.2 Å². The third-order valence-electron chi connectivity index (χ3n) is 10.0. The SMILES string of the molecule is O=C1c2ccc3c4ccc5c6c(ccc(c7ccc(c2c37)C(=O)N1CCc1ccc(Cl)cc1Cl)c64)C(=O)N(CCc1ccc(Cl)cc1Cl)C5=O. The molecule has 0 saturated heterocycles. The first kappa shape index (κ1) is 31.3. The third-order valence-corrected chi connectivity index (χ3v) is 11.2. The van der Waals surface area contributed by atoms with Crippen molar-refractivity contribution in [1.82, 2.24) is 9.80 Å². The molecule has 0 unspecified atom stereocenters. The van der Waals surface area contributed by atoms with Crippen LogP contribution in [0.4, 0.5) is 0 Å². The molecule has 2 heterocycles. The highest BCUT2D eigenvalue weighted by atomic mass is 35.5. The Kier molecular flexibility index (Phi) is 7.13. The Morgan fingerprint density at radius 3 is 1.02 bits per heavy atom. The quantitative estimate of drug-likeness (QED) is 0.0968. The summed E-state index contributed by atoms with van der Waals surface area (Å²) in [7, 11) is 0. The van der Waals surface area contributed by atoms with E-state index in [1.165, 1.54) is 9.80 Å². The summed E-state index contributed by atoms with van der Waals surface area (Å²) in [6.45, 7) is 0.311. The van der Waals surface area contributed by atoms with E-state index in [9.17, 15) is 19.2 Å². The molecule has 244 valence electrons. The molecule has 0 spiro atoms. The van der Waals surface area contributed by atoms with E-state index in [1.54, 1.807) is 60.7 Å². The van der Waals surface area contributed by atoms with Gasteiger partial charge < -0.3 is 0 Å². The van der Waals surface area contributed by atoms with Crippen molar-refractivity contribution >= 4 is 113 Å². The van der Waals surface area contributed by atoms with Crippen LogP contribution in [0.2, 0.25) is 20.1 Å². The summed E-state index contributed by atoms with van der Waals surface area (Å²) >= 11 is 24.9. The minimum absolute atomic E-state index is 0.156. The molecule has 0 N–H and O–H groups in total. The lowest BCUT2D eigenvalue weighted by molar-refractivity contribution is 0.0597. The second kappa shape index (κ2) is 11.4. The van der Waals surface area contributed by atoms with E-state index in [2.05, 4.69) is 0 Å². The largest absolute Gasteiger partial charge is 0.274 e. The summed E-state index contributed by atoms with van der Waals surface area (Å²) in [5.74, 6) is -1.49. The molecular weight excluding hydrogens is 714 g/mol. The lowest BCUT2D eigenvalue weighted by Gasteiger charge is -2.30. The first-order chi connectivity index (χ1) is 24.1. The standard InChI is InChI=1S/C40H22Cl4N2O4/c41-21-3-1-19(31(43)17-21)13-15-45-37(47)27-9-5-23-25-7-11-29-36-30(40(50)46(39(29)49)16-14-20-2-4-22(42)18-32(20)44)12-8-26(34(25)36)24-6-10-28(38(45)48)35(27)33(23)24/h1-12,17-18H,13-16H2. The number of halogens is 4. The minimum atomic E-state index is -0.372. The molecule has 6 nitrogen and oxygen atoms in total. The zero-order valence-electron chi connectivity index (χ0n) is 26.0. The van der Waals surface area contributed by atoms with Crippen LogP contribution in [0.25, 0.3) is 43.1 Å². The lowest BCUT2D eigenvalue weighted by atomic mass is 9.82. The number of benzene rings is 7. The maximum atomic E-state index is 13.9. The molecule has 7 aromatic rings. The predicted molar refractivity (Wildman–Crippen MR) is 199 cm³/mol. The molecule has 7 aromatic carbocycles. The number of hydrogen-bond acceptors (Lipinski definition) is 4. The van der Waals surface area contributed by atoms with Crippen LogP contribution >= 0.6 is 46.4 Å². The minimum Gasteiger partial charge on any atom is -0.274 e. The smallest absolute Gasteiger partial charge is 0.261 e. The summed E-state index contributed by atoms with van der Waals surface area (Å²) < 4.78 is 0. The zero-order valence-corrected chi connectivity index (χ0v) is 29.0. The second-order valence-electron chi connectivity index (χ2n) is 12.6. The Hall–Kier alpha value is -4.72. The highest BCUT2D eigenvalue weighted by Gasteiger charge is 2.36. The average Bonchev–Trinajstić information content (AvgIpc) is 3.10. The molecule has 4 amide bonds. The monoisotopic (exact) mass is 734 g/mol. The summed E-state index contributed by atoms with van der Waals surface area (Å²) in [5, 5.41) is 8.11. The zero-order chi connectivity index (χ0) is 34.6. The number of imide groups is 2. The van der Waals surface area contributed by atoms with Crippen molar-refractivity contribution in [1.29, 1.82) is 0 Å². The van der Waals surface area contributed by atoms with E-state index in [0.29, 0.717) is 66.0 Å². The Balaban J connectivity index is 1.14. The van der Waals surface area contributed by atoms with E-state index >= 15 is 0 Å². The summed E-state index contributed by atoms with van der Waals surface area (Å²) in [6, 6.07) is 25.0. The fourth-order valence-corrected chi connectivity index (χ4v) is 8.69. The van der Waals surface area contributed by atoms with Gasteiger partial charge in [0.05, 0.1) is 0 Å². The molecule has 0 saturated carbocycles. The Morgan fingerprint density at radius 1 is 0.400 bits per heavy atom. The summed E-state index contributed by atoms with van der Waals surface area (Å²) in [5.41, 5.74) is 3.35. The highest BCUT2D eigenvalue weighted by molar-refractivity contribution is 6.41. The second-order valence-corrected chi connectivity index (χ2v) is 14.3. The number of rotatable bonds is 6. The predicted octanol–water partition coefficient (Wildman–Crippen LogP) is 10.0. The van der Waals surface area contributed by atoms with E-state index in [0.717, 1.165) is 43.4 Å². The fraction of sp³-hybridized carbons (Fsp3) is 0.100. The van der Waals surface area contributed by atoms with Crippen molar-refractivity contribution in [3.8, 4) is 0 Å². The van der Waals surface area contributed by atoms with E-state index < -0.39 is 0 Å². The van der Waals surface area contributed by atoms with Crippen molar-refractivity contribution in [3.63, 3.8) is 0 Å². The first-order valence-corrected chi connectivity index (χ1v) is 17.4. The summed E-state index contributed by atoms with van der Waals surface area (Å²) in [6.07, 6.45) is 0.762. The van der Waals surface area contributed by atoms with Crippen molar-refractivity contribution in [2.24, 2.45) is 0 Å². The molecule has 0 radical (unpaired) electrons. The van der Waals surface area contributed by atoms with Gasteiger partial charge >= 0.3 is 0 Å². The molecule has 50 heavy (non-hydrogen) atoms. The Labute approximate surface area is 305 Å². The number of amides is 4. The van der Waals surface area contributed by atoms with Crippen molar-refractivity contribution < 1.29 is 19.2 Å². The van der Waals surface area contributed by atoms with Gasteiger partial charge in [-0.05, 0) is 105 Å². The normalized spacial score (nSPS) is 14.4. The number of carbonyl (C=O) groups is 4. The molecule has 2 aliphatic rings. The molecule has 0 aromatic heterocycles. The van der Waals surface area contributed by atoms with Crippen LogP contribution in [0, 0.1) is 0 Å². The molecule has 0 bridgehead atoms.